The second-order valence-electron chi connectivity index (χ2n) is 5.96. The van der Waals surface area contributed by atoms with E-state index >= 15 is 0 Å². The van der Waals surface area contributed by atoms with Gasteiger partial charge in [-0.3, -0.25) is 9.59 Å². The molecular formula is C19H19BrN2O2. The minimum absolute atomic E-state index is 0.0407. The van der Waals surface area contributed by atoms with Crippen LogP contribution in [0.3, 0.4) is 0 Å². The minimum atomic E-state index is -0.477. The number of piperazine rings is 1. The maximum Gasteiger partial charge on any atom is 0.254 e. The summed E-state index contributed by atoms with van der Waals surface area (Å²) in [5.74, 6) is -0.145. The maximum atomic E-state index is 12.8. The first-order chi connectivity index (χ1) is 11.5. The Morgan fingerprint density at radius 1 is 1.08 bits per heavy atom. The molecule has 1 aliphatic rings. The van der Waals surface area contributed by atoms with Crippen molar-refractivity contribution in [1.29, 1.82) is 0 Å². The average Bonchev–Trinajstić information content (AvgIpc) is 2.58. The van der Waals surface area contributed by atoms with Gasteiger partial charge in [-0.1, -0.05) is 34.1 Å². The van der Waals surface area contributed by atoms with Gasteiger partial charge in [0, 0.05) is 28.8 Å². The third-order valence-electron chi connectivity index (χ3n) is 4.41. The van der Waals surface area contributed by atoms with Crippen molar-refractivity contribution < 1.29 is 9.59 Å². The summed E-state index contributed by atoms with van der Waals surface area (Å²) in [4.78, 5) is 29.0. The third kappa shape index (κ3) is 3.08. The molecule has 1 unspecified atom stereocenters. The fourth-order valence-corrected chi connectivity index (χ4v) is 3.28. The van der Waals surface area contributed by atoms with Gasteiger partial charge in [-0.15, -0.1) is 0 Å². The zero-order valence-corrected chi connectivity index (χ0v) is 15.3. The van der Waals surface area contributed by atoms with Crippen molar-refractivity contribution in [1.82, 2.24) is 4.90 Å². The number of carbonyl (C=O) groups is 2. The third-order valence-corrected chi connectivity index (χ3v) is 4.94. The summed E-state index contributed by atoms with van der Waals surface area (Å²) in [6, 6.07) is 14.6. The van der Waals surface area contributed by atoms with Gasteiger partial charge in [0.2, 0.25) is 5.91 Å². The summed E-state index contributed by atoms with van der Waals surface area (Å²) >= 11 is 3.37. The van der Waals surface area contributed by atoms with Crippen molar-refractivity contribution in [3.63, 3.8) is 0 Å². The van der Waals surface area contributed by atoms with Crippen LogP contribution in [0.2, 0.25) is 0 Å². The van der Waals surface area contributed by atoms with E-state index in [1.54, 1.807) is 28.9 Å². The van der Waals surface area contributed by atoms with Crippen molar-refractivity contribution >= 4 is 33.4 Å². The molecule has 1 aliphatic heterocycles. The largest absolute Gasteiger partial charge is 0.325 e. The molecule has 1 fully saturated rings. The van der Waals surface area contributed by atoms with Crippen molar-refractivity contribution in [3.05, 3.63) is 64.1 Å². The molecule has 0 aromatic heterocycles. The molecule has 0 N–H and O–H groups in total. The molecule has 24 heavy (non-hydrogen) atoms. The zero-order chi connectivity index (χ0) is 17.3. The lowest BCUT2D eigenvalue weighted by Crippen LogP contribution is -2.57. The number of carbonyl (C=O) groups excluding carboxylic acids is 2. The van der Waals surface area contributed by atoms with Crippen molar-refractivity contribution in [3.8, 4) is 0 Å². The Hall–Kier alpha value is -2.14. The van der Waals surface area contributed by atoms with E-state index in [1.807, 2.05) is 43.3 Å². The molecule has 0 bridgehead atoms. The molecule has 0 spiro atoms. The van der Waals surface area contributed by atoms with Crippen LogP contribution in [-0.2, 0) is 4.79 Å². The summed E-state index contributed by atoms with van der Waals surface area (Å²) in [7, 11) is 0. The number of aryl methyl sites for hydroxylation is 1. The molecule has 1 saturated heterocycles. The summed E-state index contributed by atoms with van der Waals surface area (Å²) in [5.41, 5.74) is 2.58. The molecule has 3 rings (SSSR count). The number of amides is 2. The van der Waals surface area contributed by atoms with Gasteiger partial charge in [-0.2, -0.15) is 0 Å². The van der Waals surface area contributed by atoms with Crippen LogP contribution >= 0.6 is 15.9 Å². The molecular weight excluding hydrogens is 368 g/mol. The SMILES string of the molecule is Cc1ccccc1N1CCN(C(=O)c2ccc(Br)cc2)C(C)C1=O. The highest BCUT2D eigenvalue weighted by Gasteiger charge is 2.35. The standard InChI is InChI=1S/C19H19BrN2O2/c1-13-5-3-4-6-17(13)22-12-11-21(14(2)18(22)23)19(24)15-7-9-16(20)10-8-15/h3-10,14H,11-12H2,1-2H3. The van der Waals surface area contributed by atoms with Crippen LogP contribution in [0.25, 0.3) is 0 Å². The van der Waals surface area contributed by atoms with Gasteiger partial charge >= 0.3 is 0 Å². The van der Waals surface area contributed by atoms with Crippen LogP contribution in [0.15, 0.2) is 53.0 Å². The number of rotatable bonds is 2. The Morgan fingerprint density at radius 2 is 1.75 bits per heavy atom. The first kappa shape index (κ1) is 16.7. The Balaban J connectivity index is 1.81. The van der Waals surface area contributed by atoms with E-state index in [9.17, 15) is 9.59 Å². The predicted octanol–water partition coefficient (Wildman–Crippen LogP) is 3.64. The van der Waals surface area contributed by atoms with Crippen LogP contribution in [0.1, 0.15) is 22.8 Å². The van der Waals surface area contributed by atoms with E-state index in [-0.39, 0.29) is 11.8 Å². The number of para-hydroxylation sites is 1. The second kappa shape index (κ2) is 6.77. The minimum Gasteiger partial charge on any atom is -0.325 e. The van der Waals surface area contributed by atoms with Crippen LogP contribution in [0.5, 0.6) is 0 Å². The maximum absolute atomic E-state index is 12.8. The fourth-order valence-electron chi connectivity index (χ4n) is 3.01. The van der Waals surface area contributed by atoms with Gasteiger partial charge < -0.3 is 9.80 Å². The van der Waals surface area contributed by atoms with Crippen LogP contribution in [0.4, 0.5) is 5.69 Å². The zero-order valence-electron chi connectivity index (χ0n) is 13.7. The van der Waals surface area contributed by atoms with Gasteiger partial charge in [-0.05, 0) is 49.7 Å². The number of nitrogens with zero attached hydrogens (tertiary/aromatic N) is 2. The lowest BCUT2D eigenvalue weighted by atomic mass is 10.1. The Labute approximate surface area is 150 Å². The Morgan fingerprint density at radius 3 is 2.42 bits per heavy atom. The molecule has 4 nitrogen and oxygen atoms in total. The molecule has 0 saturated carbocycles. The number of hydrogen-bond donors (Lipinski definition) is 0. The highest BCUT2D eigenvalue weighted by atomic mass is 79.9. The van der Waals surface area contributed by atoms with Crippen LogP contribution < -0.4 is 4.90 Å². The van der Waals surface area contributed by atoms with Crippen LogP contribution in [0, 0.1) is 6.92 Å². The van der Waals surface area contributed by atoms with Crippen molar-refractivity contribution in [2.24, 2.45) is 0 Å². The number of anilines is 1. The number of hydrogen-bond acceptors (Lipinski definition) is 2. The Kier molecular flexibility index (Phi) is 4.71. The molecule has 0 aliphatic carbocycles. The Bertz CT molecular complexity index is 773. The normalized spacial score (nSPS) is 18.0. The molecule has 2 amide bonds. The van der Waals surface area contributed by atoms with E-state index in [0.717, 1.165) is 15.7 Å². The van der Waals surface area contributed by atoms with E-state index in [4.69, 9.17) is 0 Å². The molecule has 124 valence electrons. The number of halogens is 1. The first-order valence-electron chi connectivity index (χ1n) is 7.92. The van der Waals surface area contributed by atoms with E-state index in [0.29, 0.717) is 18.7 Å². The van der Waals surface area contributed by atoms with Gasteiger partial charge in [0.05, 0.1) is 0 Å². The summed E-state index contributed by atoms with van der Waals surface area (Å²) < 4.78 is 0.924. The molecule has 5 heteroatoms. The van der Waals surface area contributed by atoms with Crippen molar-refractivity contribution in [2.45, 2.75) is 19.9 Å². The lowest BCUT2D eigenvalue weighted by Gasteiger charge is -2.39. The highest BCUT2D eigenvalue weighted by molar-refractivity contribution is 9.10. The fraction of sp³-hybridized carbons (Fsp3) is 0.263. The average molecular weight is 387 g/mol. The second-order valence-corrected chi connectivity index (χ2v) is 6.87. The summed E-state index contributed by atoms with van der Waals surface area (Å²) in [6.07, 6.45) is 0. The first-order valence-corrected chi connectivity index (χ1v) is 8.72. The smallest absolute Gasteiger partial charge is 0.254 e. The van der Waals surface area contributed by atoms with E-state index < -0.39 is 6.04 Å². The predicted molar refractivity (Wildman–Crippen MR) is 98.2 cm³/mol. The summed E-state index contributed by atoms with van der Waals surface area (Å²) in [6.45, 7) is 4.82. The monoisotopic (exact) mass is 386 g/mol. The lowest BCUT2D eigenvalue weighted by molar-refractivity contribution is -0.124. The van der Waals surface area contributed by atoms with Gasteiger partial charge in [0.25, 0.3) is 5.91 Å². The van der Waals surface area contributed by atoms with E-state index in [1.165, 1.54) is 0 Å². The van der Waals surface area contributed by atoms with Gasteiger partial charge in [0.1, 0.15) is 6.04 Å². The molecule has 2 aromatic carbocycles. The molecule has 0 radical (unpaired) electrons. The number of benzene rings is 2. The quantitative estimate of drug-likeness (QED) is 0.790. The van der Waals surface area contributed by atoms with Crippen LogP contribution in [-0.4, -0.2) is 35.8 Å². The molecule has 1 atom stereocenters. The highest BCUT2D eigenvalue weighted by Crippen LogP contribution is 2.25. The molecule has 2 aromatic rings. The van der Waals surface area contributed by atoms with E-state index in [2.05, 4.69) is 15.9 Å². The van der Waals surface area contributed by atoms with Gasteiger partial charge in [0.15, 0.2) is 0 Å². The summed E-state index contributed by atoms with van der Waals surface area (Å²) in [5, 5.41) is 0. The van der Waals surface area contributed by atoms with Crippen molar-refractivity contribution in [2.75, 3.05) is 18.0 Å². The topological polar surface area (TPSA) is 40.6 Å². The van der Waals surface area contributed by atoms with Gasteiger partial charge in [-0.25, -0.2) is 0 Å². The molecule has 1 heterocycles.